The monoisotopic (exact) mass is 378 g/mol. The van der Waals surface area contributed by atoms with Crippen LogP contribution in [0.2, 0.25) is 0 Å². The number of hydrogen-bond donors (Lipinski definition) is 1. The molecule has 2 aromatic rings. The molecule has 1 N–H and O–H groups in total. The van der Waals surface area contributed by atoms with Crippen molar-refractivity contribution in [2.75, 3.05) is 0 Å². The van der Waals surface area contributed by atoms with Gasteiger partial charge in [0.1, 0.15) is 11.5 Å². The molecule has 28 heavy (non-hydrogen) atoms. The Morgan fingerprint density at radius 2 is 1.79 bits per heavy atom. The van der Waals surface area contributed by atoms with Crippen molar-refractivity contribution in [1.29, 1.82) is 0 Å². The Kier molecular flexibility index (Phi) is 5.19. The largest absolute Gasteiger partial charge is 0.511 e. The van der Waals surface area contributed by atoms with Gasteiger partial charge < -0.3 is 9.63 Å². The number of aliphatic hydroxyl groups excluding tert-OH is 1. The number of aromatic nitrogens is 1. The fourth-order valence-corrected chi connectivity index (χ4v) is 3.84. The van der Waals surface area contributed by atoms with Gasteiger partial charge in [0.25, 0.3) is 0 Å². The highest BCUT2D eigenvalue weighted by Crippen LogP contribution is 2.28. The molecule has 2 aliphatic rings. The van der Waals surface area contributed by atoms with E-state index in [2.05, 4.69) is 10.1 Å². The lowest BCUT2D eigenvalue weighted by Gasteiger charge is -2.18. The van der Waals surface area contributed by atoms with E-state index in [0.717, 1.165) is 18.5 Å². The summed E-state index contributed by atoms with van der Waals surface area (Å²) < 4.78 is 5.30. The molecule has 2 aliphatic carbocycles. The summed E-state index contributed by atoms with van der Waals surface area (Å²) in [6.07, 6.45) is 4.36. The van der Waals surface area contributed by atoms with Gasteiger partial charge in [0.15, 0.2) is 11.6 Å². The van der Waals surface area contributed by atoms with Gasteiger partial charge in [-0.05, 0) is 31.4 Å². The van der Waals surface area contributed by atoms with Crippen LogP contribution in [0.1, 0.15) is 60.3 Å². The molecule has 0 atom stereocenters. The number of ketones is 2. The Morgan fingerprint density at radius 3 is 2.61 bits per heavy atom. The molecule has 0 amide bonds. The fourth-order valence-electron chi connectivity index (χ4n) is 3.84. The standard InChI is InChI=1S/C22H22N2O4/c25-17-9-4-8-15(23-14-6-2-1-3-7-14)21(17)19(27)13-12-16-22-18(26)10-5-11-20(22)28-24-16/h1-3,6-7,27H,4-5,8-13H2/b21-19-,23-15?. The fraction of sp³-hybridized carbons (Fsp3) is 0.364. The summed E-state index contributed by atoms with van der Waals surface area (Å²) in [5.74, 6) is 0.610. The smallest absolute Gasteiger partial charge is 0.168 e. The first-order chi connectivity index (χ1) is 13.6. The van der Waals surface area contributed by atoms with E-state index in [1.165, 1.54) is 0 Å². The molecule has 1 aromatic carbocycles. The van der Waals surface area contributed by atoms with Crippen LogP contribution in [0.4, 0.5) is 5.69 Å². The van der Waals surface area contributed by atoms with Gasteiger partial charge in [-0.15, -0.1) is 0 Å². The van der Waals surface area contributed by atoms with Crippen molar-refractivity contribution in [3.05, 3.63) is 58.7 Å². The second-order valence-corrected chi connectivity index (χ2v) is 7.20. The van der Waals surface area contributed by atoms with Crippen LogP contribution in [-0.4, -0.2) is 27.5 Å². The van der Waals surface area contributed by atoms with Crippen LogP contribution < -0.4 is 0 Å². The zero-order chi connectivity index (χ0) is 19.5. The maximum atomic E-state index is 12.5. The highest BCUT2D eigenvalue weighted by molar-refractivity contribution is 6.24. The van der Waals surface area contributed by atoms with Gasteiger partial charge in [-0.2, -0.15) is 0 Å². The van der Waals surface area contributed by atoms with Gasteiger partial charge in [-0.1, -0.05) is 23.4 Å². The summed E-state index contributed by atoms with van der Waals surface area (Å²) in [6.45, 7) is 0. The third-order valence-electron chi connectivity index (χ3n) is 5.21. The quantitative estimate of drug-likeness (QED) is 0.626. The molecule has 6 heteroatoms. The predicted molar refractivity (Wildman–Crippen MR) is 104 cm³/mol. The van der Waals surface area contributed by atoms with E-state index in [1.54, 1.807) is 0 Å². The number of fused-ring (bicyclic) bond motifs is 1. The van der Waals surface area contributed by atoms with Crippen LogP contribution in [0.25, 0.3) is 0 Å². The third kappa shape index (κ3) is 3.67. The van der Waals surface area contributed by atoms with Crippen molar-refractivity contribution in [1.82, 2.24) is 5.16 Å². The molecule has 1 heterocycles. The Hall–Kier alpha value is -3.02. The van der Waals surface area contributed by atoms with Crippen LogP contribution in [0.5, 0.6) is 0 Å². The molecule has 144 valence electrons. The Labute approximate surface area is 163 Å². The number of carbonyl (C=O) groups excluding carboxylic acids is 2. The Morgan fingerprint density at radius 1 is 1.04 bits per heavy atom. The molecular weight excluding hydrogens is 356 g/mol. The highest BCUT2D eigenvalue weighted by atomic mass is 16.5. The number of para-hydroxylation sites is 1. The number of Topliss-reactive ketones (excluding diaryl/α,β-unsaturated/α-hetero) is 2. The zero-order valence-corrected chi connectivity index (χ0v) is 15.6. The number of rotatable bonds is 4. The first kappa shape index (κ1) is 18.3. The van der Waals surface area contributed by atoms with Crippen molar-refractivity contribution in [2.45, 2.75) is 51.4 Å². The molecule has 0 aliphatic heterocycles. The summed E-state index contributed by atoms with van der Waals surface area (Å²) in [7, 11) is 0. The number of benzene rings is 1. The first-order valence-corrected chi connectivity index (χ1v) is 9.72. The van der Waals surface area contributed by atoms with Gasteiger partial charge in [0, 0.05) is 32.1 Å². The molecule has 0 spiro atoms. The van der Waals surface area contributed by atoms with Crippen LogP contribution in [-0.2, 0) is 17.6 Å². The minimum atomic E-state index is -0.0864. The predicted octanol–water partition coefficient (Wildman–Crippen LogP) is 4.46. The molecule has 0 bridgehead atoms. The van der Waals surface area contributed by atoms with Crippen molar-refractivity contribution in [2.24, 2.45) is 4.99 Å². The number of allylic oxidation sites excluding steroid dienone is 2. The molecule has 0 saturated heterocycles. The van der Waals surface area contributed by atoms with Crippen LogP contribution >= 0.6 is 0 Å². The summed E-state index contributed by atoms with van der Waals surface area (Å²) in [5, 5.41) is 14.7. The number of nitrogens with zero attached hydrogens (tertiary/aromatic N) is 2. The van der Waals surface area contributed by atoms with Gasteiger partial charge >= 0.3 is 0 Å². The van der Waals surface area contributed by atoms with E-state index in [0.29, 0.717) is 60.4 Å². The second kappa shape index (κ2) is 7.92. The maximum Gasteiger partial charge on any atom is 0.168 e. The van der Waals surface area contributed by atoms with Crippen molar-refractivity contribution in [3.8, 4) is 0 Å². The molecule has 6 nitrogen and oxygen atoms in total. The van der Waals surface area contributed by atoms with Crippen molar-refractivity contribution in [3.63, 3.8) is 0 Å². The molecule has 4 rings (SSSR count). The maximum absolute atomic E-state index is 12.5. The highest BCUT2D eigenvalue weighted by Gasteiger charge is 2.28. The Bertz CT molecular complexity index is 970. The van der Waals surface area contributed by atoms with Gasteiger partial charge in [-0.3, -0.25) is 14.6 Å². The van der Waals surface area contributed by atoms with E-state index < -0.39 is 0 Å². The average Bonchev–Trinajstić information content (AvgIpc) is 3.12. The van der Waals surface area contributed by atoms with Crippen LogP contribution in [0, 0.1) is 0 Å². The summed E-state index contributed by atoms with van der Waals surface area (Å²) >= 11 is 0. The van der Waals surface area contributed by atoms with Crippen LogP contribution in [0.3, 0.4) is 0 Å². The summed E-state index contributed by atoms with van der Waals surface area (Å²) in [4.78, 5) is 29.3. The van der Waals surface area contributed by atoms with Gasteiger partial charge in [-0.25, -0.2) is 0 Å². The zero-order valence-electron chi connectivity index (χ0n) is 15.6. The first-order valence-electron chi connectivity index (χ1n) is 9.72. The van der Waals surface area contributed by atoms with E-state index in [9.17, 15) is 14.7 Å². The lowest BCUT2D eigenvalue weighted by atomic mass is 9.88. The van der Waals surface area contributed by atoms with E-state index in [4.69, 9.17) is 4.52 Å². The van der Waals surface area contributed by atoms with E-state index >= 15 is 0 Å². The number of aryl methyl sites for hydroxylation is 2. The second-order valence-electron chi connectivity index (χ2n) is 7.20. The number of hydrogen-bond acceptors (Lipinski definition) is 6. The molecule has 1 saturated carbocycles. The normalized spacial score (nSPS) is 20.4. The van der Waals surface area contributed by atoms with Crippen molar-refractivity contribution >= 4 is 23.0 Å². The van der Waals surface area contributed by atoms with E-state index in [-0.39, 0.29) is 23.7 Å². The summed E-state index contributed by atoms with van der Waals surface area (Å²) in [5.41, 5.74) is 2.83. The summed E-state index contributed by atoms with van der Waals surface area (Å²) in [6, 6.07) is 9.42. The van der Waals surface area contributed by atoms with Gasteiger partial charge in [0.2, 0.25) is 0 Å². The Balaban J connectivity index is 1.59. The molecular formula is C22H22N2O4. The number of carbonyl (C=O) groups is 2. The van der Waals surface area contributed by atoms with E-state index in [1.807, 2.05) is 30.3 Å². The average molecular weight is 378 g/mol. The molecule has 0 radical (unpaired) electrons. The van der Waals surface area contributed by atoms with Gasteiger partial charge in [0.05, 0.1) is 28.2 Å². The number of aliphatic hydroxyl groups is 1. The molecule has 1 fully saturated rings. The SMILES string of the molecule is O=C1CCCC(=Nc2ccccc2)/C1=C(/O)CCc1noc2c1C(=O)CCC2. The van der Waals surface area contributed by atoms with Crippen LogP contribution in [0.15, 0.2) is 51.2 Å². The topological polar surface area (TPSA) is 92.8 Å². The lowest BCUT2D eigenvalue weighted by molar-refractivity contribution is -0.115. The minimum absolute atomic E-state index is 0.0133. The number of aliphatic imine (C=N–C) groups is 1. The lowest BCUT2D eigenvalue weighted by Crippen LogP contribution is -2.21. The van der Waals surface area contributed by atoms with Crippen molar-refractivity contribution < 1.29 is 19.2 Å². The minimum Gasteiger partial charge on any atom is -0.511 e. The third-order valence-corrected chi connectivity index (χ3v) is 5.21. The molecule has 0 unspecified atom stereocenters. The molecule has 1 aromatic heterocycles.